The fourth-order valence-corrected chi connectivity index (χ4v) is 3.80. The number of aryl methyl sites for hydroxylation is 1. The molecule has 0 aliphatic carbocycles. The third-order valence-corrected chi connectivity index (χ3v) is 5.44. The highest BCUT2D eigenvalue weighted by Crippen LogP contribution is 2.25. The van der Waals surface area contributed by atoms with Gasteiger partial charge in [0.05, 0.1) is 18.9 Å². The van der Waals surface area contributed by atoms with Crippen molar-refractivity contribution in [2.45, 2.75) is 20.8 Å². The zero-order valence-electron chi connectivity index (χ0n) is 18.3. The van der Waals surface area contributed by atoms with Crippen LogP contribution in [0.4, 0.5) is 0 Å². The summed E-state index contributed by atoms with van der Waals surface area (Å²) in [6, 6.07) is 16.6. The van der Waals surface area contributed by atoms with Crippen LogP contribution >= 0.6 is 0 Å². The summed E-state index contributed by atoms with van der Waals surface area (Å²) in [6.45, 7) is 5.82. The van der Waals surface area contributed by atoms with E-state index in [1.165, 1.54) is 7.11 Å². The van der Waals surface area contributed by atoms with E-state index in [1.807, 2.05) is 61.7 Å². The molecular weight excluding hydrogens is 406 g/mol. The lowest BCUT2D eigenvalue weighted by Crippen LogP contribution is -2.16. The van der Waals surface area contributed by atoms with Gasteiger partial charge < -0.3 is 13.7 Å². The highest BCUT2D eigenvalue weighted by molar-refractivity contribution is 5.96. The average Bonchev–Trinajstić information content (AvgIpc) is 3.34. The molecule has 0 atom stereocenters. The van der Waals surface area contributed by atoms with Crippen LogP contribution in [-0.2, 0) is 4.74 Å². The summed E-state index contributed by atoms with van der Waals surface area (Å²) in [4.78, 5) is 24.5. The molecule has 0 aliphatic rings. The number of hydrogen-bond donors (Lipinski definition) is 1. The van der Waals surface area contributed by atoms with Gasteiger partial charge in [-0.1, -0.05) is 24.3 Å². The molecule has 2 heterocycles. The maximum absolute atomic E-state index is 12.4. The molecule has 0 radical (unpaired) electrons. The smallest absolute Gasteiger partial charge is 0.338 e. The second-order valence-corrected chi connectivity index (χ2v) is 7.45. The molecule has 162 valence electrons. The number of ether oxygens (including phenoxy) is 1. The Balaban J connectivity index is 1.58. The zero-order chi connectivity index (χ0) is 22.8. The maximum Gasteiger partial charge on any atom is 0.338 e. The molecule has 7 heteroatoms. The first-order valence-corrected chi connectivity index (χ1v) is 10.1. The van der Waals surface area contributed by atoms with Gasteiger partial charge in [-0.05, 0) is 56.7 Å². The highest BCUT2D eigenvalue weighted by atomic mass is 16.5. The quantitative estimate of drug-likeness (QED) is 0.283. The number of amides is 1. The van der Waals surface area contributed by atoms with Crippen LogP contribution in [-0.4, -0.2) is 29.8 Å². The van der Waals surface area contributed by atoms with Crippen LogP contribution in [0.2, 0.25) is 0 Å². The van der Waals surface area contributed by atoms with Gasteiger partial charge >= 0.3 is 11.9 Å². The number of nitrogens with zero attached hydrogens (tertiary/aromatic N) is 2. The topological polar surface area (TPSA) is 85.8 Å². The number of aromatic nitrogens is 1. The Kier molecular flexibility index (Phi) is 5.64. The molecule has 0 bridgehead atoms. The Morgan fingerprint density at radius 3 is 2.59 bits per heavy atom. The number of nitrogens with one attached hydrogen (secondary N) is 1. The summed E-state index contributed by atoms with van der Waals surface area (Å²) < 4.78 is 12.5. The van der Waals surface area contributed by atoms with Crippen molar-refractivity contribution in [3.63, 3.8) is 0 Å². The average molecular weight is 429 g/mol. The van der Waals surface area contributed by atoms with Gasteiger partial charge in [-0.3, -0.25) is 4.79 Å². The number of carbonyl (C=O) groups is 2. The van der Waals surface area contributed by atoms with Crippen molar-refractivity contribution in [1.29, 1.82) is 0 Å². The molecular formula is C25H23N3O4. The largest absolute Gasteiger partial charge is 0.465 e. The first-order valence-electron chi connectivity index (χ1n) is 10.1. The van der Waals surface area contributed by atoms with E-state index in [0.717, 1.165) is 33.6 Å². The Morgan fingerprint density at radius 2 is 1.84 bits per heavy atom. The Bertz CT molecular complexity index is 1330. The van der Waals surface area contributed by atoms with Crippen molar-refractivity contribution in [1.82, 2.24) is 9.99 Å². The van der Waals surface area contributed by atoms with Crippen molar-refractivity contribution in [3.8, 4) is 5.69 Å². The van der Waals surface area contributed by atoms with Gasteiger partial charge in [-0.25, -0.2) is 10.2 Å². The van der Waals surface area contributed by atoms with E-state index in [9.17, 15) is 9.59 Å². The summed E-state index contributed by atoms with van der Waals surface area (Å²) >= 11 is 0. The van der Waals surface area contributed by atoms with Crippen molar-refractivity contribution in [3.05, 3.63) is 88.4 Å². The standard InChI is InChI=1S/C25H23N3O4/c1-15-12-19(14-26-27-24(29)23-13-18-8-5-6-11-22(18)32-23)17(3)28(15)21-10-7-9-20(16(21)2)25(30)31-4/h5-14H,1-4H3,(H,27,29). The number of carbonyl (C=O) groups excluding carboxylic acids is 2. The monoisotopic (exact) mass is 429 g/mol. The summed E-state index contributed by atoms with van der Waals surface area (Å²) in [6.07, 6.45) is 1.60. The van der Waals surface area contributed by atoms with Crippen LogP contribution in [0.5, 0.6) is 0 Å². The number of para-hydroxylation sites is 1. The minimum absolute atomic E-state index is 0.198. The van der Waals surface area contributed by atoms with Gasteiger partial charge in [0.1, 0.15) is 5.58 Å². The van der Waals surface area contributed by atoms with Crippen LogP contribution in [0.3, 0.4) is 0 Å². The SMILES string of the molecule is COC(=O)c1cccc(-n2c(C)cc(C=NNC(=O)c3cc4ccccc4o3)c2C)c1C. The number of hydrazone groups is 1. The molecule has 0 spiro atoms. The fourth-order valence-electron chi connectivity index (χ4n) is 3.80. The number of rotatable bonds is 5. The number of hydrogen-bond acceptors (Lipinski definition) is 5. The van der Waals surface area contributed by atoms with Gasteiger partial charge in [-0.2, -0.15) is 5.10 Å². The van der Waals surface area contributed by atoms with Gasteiger partial charge in [0.15, 0.2) is 5.76 Å². The number of furan rings is 1. The molecule has 0 saturated heterocycles. The van der Waals surface area contributed by atoms with E-state index < -0.39 is 5.91 Å². The summed E-state index contributed by atoms with van der Waals surface area (Å²) in [5.41, 5.74) is 8.12. The predicted molar refractivity (Wildman–Crippen MR) is 123 cm³/mol. The van der Waals surface area contributed by atoms with Gasteiger partial charge in [0.25, 0.3) is 0 Å². The Hall–Kier alpha value is -4.13. The third kappa shape index (κ3) is 3.80. The number of fused-ring (bicyclic) bond motifs is 1. The first kappa shape index (κ1) is 21.1. The minimum atomic E-state index is -0.423. The molecule has 1 amide bonds. The van der Waals surface area contributed by atoms with Crippen LogP contribution in [0.15, 0.2) is 64.1 Å². The molecule has 2 aromatic carbocycles. The number of esters is 1. The molecule has 0 aliphatic heterocycles. The van der Waals surface area contributed by atoms with Crippen molar-refractivity contribution < 1.29 is 18.7 Å². The van der Waals surface area contributed by atoms with Gasteiger partial charge in [-0.15, -0.1) is 0 Å². The minimum Gasteiger partial charge on any atom is -0.465 e. The van der Waals surface area contributed by atoms with Crippen molar-refractivity contribution in [2.75, 3.05) is 7.11 Å². The van der Waals surface area contributed by atoms with Gasteiger partial charge in [0.2, 0.25) is 0 Å². The molecule has 4 aromatic rings. The molecule has 2 aromatic heterocycles. The summed E-state index contributed by atoms with van der Waals surface area (Å²) in [7, 11) is 1.37. The van der Waals surface area contributed by atoms with E-state index in [0.29, 0.717) is 11.1 Å². The lowest BCUT2D eigenvalue weighted by Gasteiger charge is -2.15. The van der Waals surface area contributed by atoms with E-state index in [2.05, 4.69) is 10.5 Å². The van der Waals surface area contributed by atoms with Crippen molar-refractivity contribution in [2.24, 2.45) is 5.10 Å². The van der Waals surface area contributed by atoms with Crippen molar-refractivity contribution >= 4 is 29.1 Å². The normalized spacial score (nSPS) is 11.2. The van der Waals surface area contributed by atoms with E-state index >= 15 is 0 Å². The summed E-state index contributed by atoms with van der Waals surface area (Å²) in [5, 5.41) is 4.96. The third-order valence-electron chi connectivity index (χ3n) is 5.44. The maximum atomic E-state index is 12.4. The highest BCUT2D eigenvalue weighted by Gasteiger charge is 2.17. The Labute approximate surface area is 185 Å². The fraction of sp³-hybridized carbons (Fsp3) is 0.160. The number of benzene rings is 2. The van der Waals surface area contributed by atoms with Crippen LogP contribution in [0.25, 0.3) is 16.7 Å². The first-order chi connectivity index (χ1) is 15.4. The van der Waals surface area contributed by atoms with Crippen LogP contribution < -0.4 is 5.43 Å². The lowest BCUT2D eigenvalue weighted by molar-refractivity contribution is 0.0599. The molecule has 0 fully saturated rings. The second kappa shape index (κ2) is 8.55. The van der Waals surface area contributed by atoms with E-state index in [1.54, 1.807) is 24.4 Å². The lowest BCUT2D eigenvalue weighted by atomic mass is 10.1. The zero-order valence-corrected chi connectivity index (χ0v) is 18.3. The molecule has 1 N–H and O–H groups in total. The second-order valence-electron chi connectivity index (χ2n) is 7.45. The molecule has 0 saturated carbocycles. The predicted octanol–water partition coefficient (Wildman–Crippen LogP) is 4.70. The molecule has 0 unspecified atom stereocenters. The van der Waals surface area contributed by atoms with E-state index in [-0.39, 0.29) is 11.7 Å². The van der Waals surface area contributed by atoms with Gasteiger partial charge in [0, 0.05) is 28.0 Å². The molecule has 4 rings (SSSR count). The van der Waals surface area contributed by atoms with Crippen LogP contribution in [0, 0.1) is 20.8 Å². The molecule has 7 nitrogen and oxygen atoms in total. The van der Waals surface area contributed by atoms with Crippen LogP contribution in [0.1, 0.15) is 43.4 Å². The van der Waals surface area contributed by atoms with E-state index in [4.69, 9.17) is 9.15 Å². The molecule has 32 heavy (non-hydrogen) atoms. The Morgan fingerprint density at radius 1 is 1.06 bits per heavy atom. The summed E-state index contributed by atoms with van der Waals surface area (Å²) in [5.74, 6) is -0.598. The number of methoxy groups -OCH3 is 1.